The predicted molar refractivity (Wildman–Crippen MR) is 566 cm³/mol. The summed E-state index contributed by atoms with van der Waals surface area (Å²) in [6.45, 7) is 14.1. The molecule has 30 rings (SSSR count). The van der Waals surface area contributed by atoms with Crippen LogP contribution in [0.4, 0.5) is 0 Å². The van der Waals surface area contributed by atoms with Crippen LogP contribution in [0.1, 0.15) is 74.9 Å². The summed E-state index contributed by atoms with van der Waals surface area (Å²) in [6.07, 6.45) is 0. The lowest BCUT2D eigenvalue weighted by Gasteiger charge is -2.24. The van der Waals surface area contributed by atoms with Gasteiger partial charge in [0.05, 0.1) is 38.5 Å². The zero-order chi connectivity index (χ0) is 89.6. The molecule has 0 bridgehead atoms. The van der Waals surface area contributed by atoms with Crippen LogP contribution in [0.15, 0.2) is 432 Å². The predicted octanol–water partition coefficient (Wildman–Crippen LogP) is 35.4. The molecule has 0 unspecified atom stereocenters. The topological polar surface area (TPSA) is 54.2 Å². The molecule has 3 aliphatic rings. The van der Waals surface area contributed by atoms with Crippen molar-refractivity contribution < 1.29 is 13.3 Å². The summed E-state index contributed by atoms with van der Waals surface area (Å²) < 4.78 is 27.3. The zero-order valence-electron chi connectivity index (χ0n) is 75.4. The van der Waals surface area contributed by atoms with Gasteiger partial charge >= 0.3 is 0 Å². The molecule has 21 aromatic carbocycles. The molecule has 0 saturated heterocycles. The second kappa shape index (κ2) is 28.6. The van der Waals surface area contributed by atoms with E-state index in [0.29, 0.717) is 0 Å². The van der Waals surface area contributed by atoms with Gasteiger partial charge in [-0.1, -0.05) is 369 Å². The third-order valence-corrected chi connectivity index (χ3v) is 30.6. The van der Waals surface area contributed by atoms with Crippen molar-refractivity contribution >= 4 is 164 Å². The van der Waals surface area contributed by atoms with E-state index < -0.39 is 0 Å². The van der Waals surface area contributed by atoms with Crippen molar-refractivity contribution in [1.82, 2.24) is 13.7 Å². The van der Waals surface area contributed by atoms with Gasteiger partial charge in [0.15, 0.2) is 11.2 Å². The highest BCUT2D eigenvalue weighted by atomic mass is 16.3. The molecule has 0 aliphatic heterocycles. The number of para-hydroxylation sites is 5. The minimum atomic E-state index is -0.0675. The molecule has 0 saturated carbocycles. The molecule has 0 amide bonds. The second-order valence-corrected chi connectivity index (χ2v) is 38.7. The second-order valence-electron chi connectivity index (χ2n) is 38.7. The van der Waals surface area contributed by atoms with Gasteiger partial charge in [-0.25, -0.2) is 0 Å². The van der Waals surface area contributed by atoms with Crippen molar-refractivity contribution in [1.29, 1.82) is 0 Å². The number of nitrogens with zero attached hydrogens (tertiary/aromatic N) is 3. The van der Waals surface area contributed by atoms with Crippen LogP contribution in [0.3, 0.4) is 0 Å². The summed E-state index contributed by atoms with van der Waals surface area (Å²) in [6, 6.07) is 152. The van der Waals surface area contributed by atoms with Gasteiger partial charge in [0, 0.05) is 97.9 Å². The molecule has 6 aromatic heterocycles. The zero-order valence-corrected chi connectivity index (χ0v) is 75.4. The number of hydrogen-bond donors (Lipinski definition) is 0. The Bertz CT molecular complexity index is 9770. The summed E-state index contributed by atoms with van der Waals surface area (Å²) in [5.41, 5.74) is 39.8. The first kappa shape index (κ1) is 77.0. The summed E-state index contributed by atoms with van der Waals surface area (Å²) in [4.78, 5) is 0. The van der Waals surface area contributed by atoms with Crippen LogP contribution in [0.5, 0.6) is 0 Å². The van der Waals surface area contributed by atoms with Crippen molar-refractivity contribution in [2.24, 2.45) is 0 Å². The average Bonchev–Trinajstić information content (AvgIpc) is 1.55. The smallest absolute Gasteiger partial charge is 0.160 e. The van der Waals surface area contributed by atoms with Crippen LogP contribution in [0.25, 0.3) is 247 Å². The number of aromatic nitrogens is 3. The monoisotopic (exact) mass is 1730 g/mol. The van der Waals surface area contributed by atoms with E-state index in [0.717, 1.165) is 83.1 Å². The lowest BCUT2D eigenvalue weighted by atomic mass is 9.79. The lowest BCUT2D eigenvalue weighted by Crippen LogP contribution is -2.16. The molecule has 0 atom stereocenters. The molecule has 0 radical (unpaired) electrons. The Kier molecular flexibility index (Phi) is 16.3. The highest BCUT2D eigenvalue weighted by Gasteiger charge is 2.40. The number of benzene rings is 21. The van der Waals surface area contributed by atoms with E-state index in [9.17, 15) is 0 Å². The number of hydrogen-bond acceptors (Lipinski definition) is 3. The first-order chi connectivity index (χ1) is 66.3. The van der Waals surface area contributed by atoms with E-state index in [1.807, 2.05) is 6.07 Å². The van der Waals surface area contributed by atoms with E-state index in [1.165, 1.54) is 198 Å². The molecular formula is C129H87N3O3. The van der Waals surface area contributed by atoms with E-state index in [1.54, 1.807) is 0 Å². The molecule has 135 heavy (non-hydrogen) atoms. The third kappa shape index (κ3) is 11.0. The van der Waals surface area contributed by atoms with E-state index in [2.05, 4.69) is 468 Å². The van der Waals surface area contributed by atoms with Crippen LogP contribution >= 0.6 is 0 Å². The molecule has 6 heterocycles. The molecule has 6 heteroatoms. The molecule has 27 aromatic rings. The normalized spacial score (nSPS) is 13.7. The van der Waals surface area contributed by atoms with Crippen LogP contribution in [0.2, 0.25) is 0 Å². The van der Waals surface area contributed by atoms with Gasteiger partial charge in [0.25, 0.3) is 0 Å². The van der Waals surface area contributed by atoms with Crippen LogP contribution in [-0.2, 0) is 16.2 Å². The minimum absolute atomic E-state index is 0.0109. The van der Waals surface area contributed by atoms with Crippen LogP contribution in [0, 0.1) is 0 Å². The molecule has 3 aliphatic carbocycles. The standard InChI is InChI=1S/3C43H29NO/c1-43(2)35-19-8-5-12-29(35)32-18-11-17-28(40(32)43)26-22-24-27(25-23-26)44-36-20-9-6-15-33(36)38-30-13-3-4-14-31(30)39-34-16-7-10-21-37(34)45-42(39)41(38)44;1-43(2)35-16-8-5-11-29(35)30-24-21-27(25-36(30)43)26-19-22-28(23-20-26)44-37-17-9-6-14-33(37)40-41(44)32-13-4-3-12-31(32)39-34-15-7-10-18-38(34)45-42(39)40;1-43(2)36-13-7-5-11-31(36)35-25-28(17-23-37(35)43)26-15-19-29(20-16-26)44-38-24-18-27-9-3-4-10-30(27)40(38)34-22-21-33-32-12-6-8-14-39(32)45-42(33)41(34)44/h3*3-25H,1-2H3. The van der Waals surface area contributed by atoms with E-state index in [-0.39, 0.29) is 16.2 Å². The van der Waals surface area contributed by atoms with E-state index in [4.69, 9.17) is 13.3 Å². The fourth-order valence-electron chi connectivity index (χ4n) is 24.4. The number of rotatable bonds is 6. The van der Waals surface area contributed by atoms with Crippen molar-refractivity contribution in [2.45, 2.75) is 57.8 Å². The molecule has 0 N–H and O–H groups in total. The number of fused-ring (bicyclic) bond motifs is 38. The van der Waals surface area contributed by atoms with Crippen molar-refractivity contribution in [2.75, 3.05) is 0 Å². The Labute approximate surface area is 778 Å². The van der Waals surface area contributed by atoms with Gasteiger partial charge in [-0.2, -0.15) is 0 Å². The first-order valence-corrected chi connectivity index (χ1v) is 47.1. The fourth-order valence-corrected chi connectivity index (χ4v) is 24.4. The maximum Gasteiger partial charge on any atom is 0.160 e. The summed E-state index contributed by atoms with van der Waals surface area (Å²) in [7, 11) is 0. The molecule has 636 valence electrons. The number of furan rings is 3. The molecule has 0 fully saturated rings. The van der Waals surface area contributed by atoms with Gasteiger partial charge in [-0.05, 0) is 218 Å². The van der Waals surface area contributed by atoms with Gasteiger partial charge in [0.1, 0.15) is 22.3 Å². The largest absolute Gasteiger partial charge is 0.455 e. The fraction of sp³-hybridized carbons (Fsp3) is 0.0698. The quantitative estimate of drug-likeness (QED) is 0.167. The minimum Gasteiger partial charge on any atom is -0.455 e. The summed E-state index contributed by atoms with van der Waals surface area (Å²) in [5.74, 6) is 0. The van der Waals surface area contributed by atoms with E-state index >= 15 is 0 Å². The summed E-state index contributed by atoms with van der Waals surface area (Å²) >= 11 is 0. The Hall–Kier alpha value is -16.8. The molecule has 0 spiro atoms. The van der Waals surface area contributed by atoms with Gasteiger partial charge in [-0.15, -0.1) is 0 Å². The van der Waals surface area contributed by atoms with Crippen LogP contribution in [-0.4, -0.2) is 13.7 Å². The van der Waals surface area contributed by atoms with Crippen molar-refractivity contribution in [3.05, 3.63) is 452 Å². The van der Waals surface area contributed by atoms with Crippen molar-refractivity contribution in [3.63, 3.8) is 0 Å². The highest BCUT2D eigenvalue weighted by molar-refractivity contribution is 6.37. The Morgan fingerprint density at radius 1 is 0.185 bits per heavy atom. The maximum atomic E-state index is 6.74. The van der Waals surface area contributed by atoms with Crippen molar-refractivity contribution in [3.8, 4) is 83.8 Å². The average molecular weight is 1730 g/mol. The Morgan fingerprint density at radius 2 is 0.585 bits per heavy atom. The molecule has 6 nitrogen and oxygen atoms in total. The molecular weight excluding hydrogens is 1640 g/mol. The summed E-state index contributed by atoms with van der Waals surface area (Å²) in [5, 5.41) is 21.7. The third-order valence-electron chi connectivity index (χ3n) is 30.6. The van der Waals surface area contributed by atoms with Gasteiger partial charge in [-0.3, -0.25) is 0 Å². The highest BCUT2D eigenvalue weighted by Crippen LogP contribution is 2.57. The SMILES string of the molecule is CC1(C)c2ccccc2-c2cc(-c3ccc(-n4c5ccc6ccccc6c5c5ccc6c7ccccc7oc6c54)cc3)ccc21.CC1(C)c2ccccc2-c2ccc(-c3ccc(-n4c5ccccc5c5c6oc7ccccc7c6c6ccccc6c54)cc3)cc21.CC1(C)c2ccccc2-c2cccc(-c3ccc(-n4c5ccccc5c5c6ccccc6c6c7ccccc7oc6c54)cc3)c21. The lowest BCUT2D eigenvalue weighted by molar-refractivity contribution is 0.660. The Balaban J connectivity index is 0.000000101. The maximum absolute atomic E-state index is 6.74. The Morgan fingerprint density at radius 3 is 1.22 bits per heavy atom. The first-order valence-electron chi connectivity index (χ1n) is 47.1. The van der Waals surface area contributed by atoms with Crippen LogP contribution < -0.4 is 0 Å². The van der Waals surface area contributed by atoms with Gasteiger partial charge in [0.2, 0.25) is 0 Å². The van der Waals surface area contributed by atoms with Gasteiger partial charge < -0.3 is 27.0 Å².